The van der Waals surface area contributed by atoms with Crippen LogP contribution in [0.4, 0.5) is 5.69 Å². The first kappa shape index (κ1) is 25.8. The van der Waals surface area contributed by atoms with Crippen LogP contribution in [0.3, 0.4) is 0 Å². The van der Waals surface area contributed by atoms with E-state index in [1.54, 1.807) is 48.2 Å². The highest BCUT2D eigenvalue weighted by Gasteiger charge is 2.27. The van der Waals surface area contributed by atoms with Crippen molar-refractivity contribution >= 4 is 33.4 Å². The Morgan fingerprint density at radius 3 is 2.26 bits per heavy atom. The van der Waals surface area contributed by atoms with Gasteiger partial charge < -0.3 is 5.32 Å². The zero-order valence-electron chi connectivity index (χ0n) is 20.0. The fourth-order valence-corrected chi connectivity index (χ4v) is 5.72. The minimum absolute atomic E-state index is 0.166. The summed E-state index contributed by atoms with van der Waals surface area (Å²) in [6.45, 7) is 6.22. The largest absolute Gasteiger partial charge is 0.354 e. The normalized spacial score (nSPS) is 11.3. The summed E-state index contributed by atoms with van der Waals surface area (Å²) in [6, 6.07) is 22.4. The summed E-state index contributed by atoms with van der Waals surface area (Å²) in [5.41, 5.74) is 5.03. The Hall–Kier alpha value is -2.77. The number of nitrogens with zero attached hydrogens (tertiary/aromatic N) is 1. The lowest BCUT2D eigenvalue weighted by Gasteiger charge is -2.24. The lowest BCUT2D eigenvalue weighted by atomic mass is 10.1. The second-order valence-electron chi connectivity index (χ2n) is 8.24. The van der Waals surface area contributed by atoms with E-state index in [0.29, 0.717) is 12.2 Å². The van der Waals surface area contributed by atoms with E-state index >= 15 is 0 Å². The Labute approximate surface area is 207 Å². The molecule has 0 heterocycles. The minimum Gasteiger partial charge on any atom is -0.354 e. The zero-order chi connectivity index (χ0) is 24.6. The fraction of sp³-hybridized carbons (Fsp3) is 0.296. The molecule has 0 aromatic heterocycles. The van der Waals surface area contributed by atoms with Gasteiger partial charge in [0.15, 0.2) is 0 Å². The maximum absolute atomic E-state index is 13.4. The smallest absolute Gasteiger partial charge is 0.264 e. The molecule has 0 radical (unpaired) electrons. The molecule has 1 amide bonds. The molecule has 0 saturated carbocycles. The van der Waals surface area contributed by atoms with Crippen LogP contribution in [-0.2, 0) is 27.0 Å². The summed E-state index contributed by atoms with van der Waals surface area (Å²) in [4.78, 5) is 12.9. The molecule has 0 aliphatic heterocycles. The van der Waals surface area contributed by atoms with Gasteiger partial charge in [0.2, 0.25) is 5.91 Å². The van der Waals surface area contributed by atoms with Crippen molar-refractivity contribution in [3.8, 4) is 0 Å². The third-order valence-corrected chi connectivity index (χ3v) is 8.27. The summed E-state index contributed by atoms with van der Waals surface area (Å²) in [6.07, 6.45) is 0.853. The molecule has 0 saturated heterocycles. The molecule has 0 spiro atoms. The molecular formula is C27H32N2O3S2. The second kappa shape index (κ2) is 12.1. The van der Waals surface area contributed by atoms with E-state index in [9.17, 15) is 13.2 Å². The number of carbonyl (C=O) groups excluding carboxylic acids is 1. The van der Waals surface area contributed by atoms with Crippen LogP contribution in [0.2, 0.25) is 0 Å². The van der Waals surface area contributed by atoms with Gasteiger partial charge in [0.25, 0.3) is 10.0 Å². The molecule has 5 nitrogen and oxygen atoms in total. The number of thioether (sulfide) groups is 1. The van der Waals surface area contributed by atoms with E-state index in [1.807, 2.05) is 32.0 Å². The molecule has 0 aliphatic carbocycles. The molecule has 3 aromatic rings. The molecule has 0 fully saturated rings. The summed E-state index contributed by atoms with van der Waals surface area (Å²) in [5, 5.41) is 2.87. The third kappa shape index (κ3) is 7.11. The highest BCUT2D eigenvalue weighted by Crippen LogP contribution is 2.24. The van der Waals surface area contributed by atoms with Gasteiger partial charge in [0.05, 0.1) is 10.6 Å². The summed E-state index contributed by atoms with van der Waals surface area (Å²) < 4.78 is 28.1. The van der Waals surface area contributed by atoms with E-state index in [2.05, 4.69) is 30.4 Å². The number of nitrogens with one attached hydrogen (secondary N) is 1. The zero-order valence-corrected chi connectivity index (χ0v) is 21.6. The van der Waals surface area contributed by atoms with Gasteiger partial charge in [-0.1, -0.05) is 66.6 Å². The lowest BCUT2D eigenvalue weighted by Crippen LogP contribution is -2.41. The predicted octanol–water partition coefficient (Wildman–Crippen LogP) is 5.11. The van der Waals surface area contributed by atoms with Crippen LogP contribution in [0.5, 0.6) is 0 Å². The number of amides is 1. The molecule has 0 unspecified atom stereocenters. The van der Waals surface area contributed by atoms with E-state index in [1.165, 1.54) is 15.4 Å². The molecule has 0 bridgehead atoms. The number of aryl methyl sites for hydroxylation is 3. The van der Waals surface area contributed by atoms with Gasteiger partial charge in [-0.15, -0.1) is 0 Å². The molecule has 180 valence electrons. The van der Waals surface area contributed by atoms with E-state index in [-0.39, 0.29) is 17.3 Å². The number of benzene rings is 3. The Balaban J connectivity index is 1.65. The average Bonchev–Trinajstić information content (AvgIpc) is 2.82. The fourth-order valence-electron chi connectivity index (χ4n) is 3.49. The van der Waals surface area contributed by atoms with Crippen LogP contribution in [-0.4, -0.2) is 33.2 Å². The Bertz CT molecular complexity index is 1190. The van der Waals surface area contributed by atoms with Crippen molar-refractivity contribution in [2.75, 3.05) is 23.1 Å². The standard InChI is InChI=1S/C27H32N2O3S2/c1-4-23-10-12-25(13-11-23)29(34(31,32)26-14-8-21(2)9-15-26)19-27(30)28-16-17-33-20-24-7-5-6-22(3)18-24/h5-15,18H,4,16-17,19-20H2,1-3H3,(H,28,30). The molecule has 0 atom stereocenters. The first-order valence-electron chi connectivity index (χ1n) is 11.4. The van der Waals surface area contributed by atoms with Crippen molar-refractivity contribution < 1.29 is 13.2 Å². The highest BCUT2D eigenvalue weighted by molar-refractivity contribution is 7.98. The molecular weight excluding hydrogens is 464 g/mol. The molecule has 34 heavy (non-hydrogen) atoms. The van der Waals surface area contributed by atoms with Crippen LogP contribution < -0.4 is 9.62 Å². The predicted molar refractivity (Wildman–Crippen MR) is 142 cm³/mol. The van der Waals surface area contributed by atoms with Crippen LogP contribution in [0.25, 0.3) is 0 Å². The molecule has 3 aromatic carbocycles. The first-order chi connectivity index (χ1) is 16.3. The van der Waals surface area contributed by atoms with Crippen LogP contribution in [0.1, 0.15) is 29.2 Å². The second-order valence-corrected chi connectivity index (χ2v) is 11.2. The summed E-state index contributed by atoms with van der Waals surface area (Å²) in [7, 11) is -3.89. The average molecular weight is 497 g/mol. The van der Waals surface area contributed by atoms with Crippen molar-refractivity contribution in [1.29, 1.82) is 0 Å². The Kier molecular flexibility index (Phi) is 9.19. The molecule has 7 heteroatoms. The highest BCUT2D eigenvalue weighted by atomic mass is 32.2. The maximum Gasteiger partial charge on any atom is 0.264 e. The molecule has 3 rings (SSSR count). The van der Waals surface area contributed by atoms with Gasteiger partial charge in [0.1, 0.15) is 6.54 Å². The number of anilines is 1. The Morgan fingerprint density at radius 2 is 1.62 bits per heavy atom. The van der Waals surface area contributed by atoms with Crippen LogP contribution >= 0.6 is 11.8 Å². The van der Waals surface area contributed by atoms with Crippen molar-refractivity contribution in [1.82, 2.24) is 5.32 Å². The van der Waals surface area contributed by atoms with E-state index in [4.69, 9.17) is 0 Å². The van der Waals surface area contributed by atoms with Crippen molar-refractivity contribution in [2.45, 2.75) is 37.8 Å². The molecule has 0 aliphatic rings. The number of sulfonamides is 1. The maximum atomic E-state index is 13.4. The van der Waals surface area contributed by atoms with Gasteiger partial charge in [-0.25, -0.2) is 8.42 Å². The van der Waals surface area contributed by atoms with Gasteiger partial charge in [-0.3, -0.25) is 9.10 Å². The topological polar surface area (TPSA) is 66.5 Å². The van der Waals surface area contributed by atoms with Gasteiger partial charge in [-0.05, 0) is 55.7 Å². The number of carbonyl (C=O) groups is 1. The number of rotatable bonds is 11. The quantitative estimate of drug-likeness (QED) is 0.375. The monoisotopic (exact) mass is 496 g/mol. The van der Waals surface area contributed by atoms with Gasteiger partial charge in [0, 0.05) is 18.1 Å². The van der Waals surface area contributed by atoms with Gasteiger partial charge in [-0.2, -0.15) is 11.8 Å². The van der Waals surface area contributed by atoms with E-state index < -0.39 is 10.0 Å². The minimum atomic E-state index is -3.89. The third-order valence-electron chi connectivity index (χ3n) is 5.45. The van der Waals surface area contributed by atoms with Crippen molar-refractivity contribution in [3.63, 3.8) is 0 Å². The van der Waals surface area contributed by atoms with Gasteiger partial charge >= 0.3 is 0 Å². The summed E-state index contributed by atoms with van der Waals surface area (Å²) in [5.74, 6) is 1.29. The number of hydrogen-bond acceptors (Lipinski definition) is 4. The summed E-state index contributed by atoms with van der Waals surface area (Å²) >= 11 is 1.73. The van der Waals surface area contributed by atoms with Crippen LogP contribution in [0.15, 0.2) is 77.7 Å². The van der Waals surface area contributed by atoms with Crippen molar-refractivity contribution in [3.05, 3.63) is 95.1 Å². The lowest BCUT2D eigenvalue weighted by molar-refractivity contribution is -0.119. The SMILES string of the molecule is CCc1ccc(N(CC(=O)NCCSCc2cccc(C)c2)S(=O)(=O)c2ccc(C)cc2)cc1. The van der Waals surface area contributed by atoms with E-state index in [0.717, 1.165) is 29.1 Å². The van der Waals surface area contributed by atoms with Crippen molar-refractivity contribution in [2.24, 2.45) is 0 Å². The Morgan fingerprint density at radius 1 is 0.912 bits per heavy atom. The molecule has 1 N–H and O–H groups in total. The van der Waals surface area contributed by atoms with Crippen LogP contribution in [0, 0.1) is 13.8 Å². The first-order valence-corrected chi connectivity index (χ1v) is 14.0. The number of hydrogen-bond donors (Lipinski definition) is 1.